The van der Waals surface area contributed by atoms with Crippen LogP contribution in [-0.4, -0.2) is 18.2 Å². The number of aromatic nitrogens is 1. The Balaban J connectivity index is 0.00000112. The minimum absolute atomic E-state index is 0. The van der Waals surface area contributed by atoms with Crippen LogP contribution >= 0.6 is 12.4 Å². The molecule has 15 heavy (non-hydrogen) atoms. The number of halogens is 1. The first-order chi connectivity index (χ1) is 6.81. The SMILES string of the molecule is C/N=C/c1cc2ccccc2nc1C.Cl. The Morgan fingerprint density at radius 2 is 2.00 bits per heavy atom. The van der Waals surface area contributed by atoms with Crippen molar-refractivity contribution < 1.29 is 0 Å². The van der Waals surface area contributed by atoms with Gasteiger partial charge in [0.1, 0.15) is 0 Å². The molecule has 0 saturated carbocycles. The van der Waals surface area contributed by atoms with Crippen molar-refractivity contribution in [3.8, 4) is 0 Å². The maximum atomic E-state index is 4.50. The van der Waals surface area contributed by atoms with E-state index in [0.717, 1.165) is 22.2 Å². The van der Waals surface area contributed by atoms with Crippen LogP contribution in [0, 0.1) is 6.92 Å². The van der Waals surface area contributed by atoms with Crippen molar-refractivity contribution in [3.05, 3.63) is 41.6 Å². The zero-order valence-corrected chi connectivity index (χ0v) is 9.58. The smallest absolute Gasteiger partial charge is 0.0705 e. The van der Waals surface area contributed by atoms with Crippen molar-refractivity contribution in [2.45, 2.75) is 6.92 Å². The van der Waals surface area contributed by atoms with Gasteiger partial charge in [-0.25, -0.2) is 0 Å². The molecule has 0 aliphatic carbocycles. The number of hydrogen-bond acceptors (Lipinski definition) is 2. The number of pyridine rings is 1. The maximum absolute atomic E-state index is 4.50. The number of benzene rings is 1. The molecule has 0 fully saturated rings. The predicted octanol–water partition coefficient (Wildman–Crippen LogP) is 3.01. The Kier molecular flexibility index (Phi) is 3.81. The maximum Gasteiger partial charge on any atom is 0.0705 e. The first kappa shape index (κ1) is 11.7. The molecule has 1 aromatic heterocycles. The Bertz CT molecular complexity index is 492. The van der Waals surface area contributed by atoms with Gasteiger partial charge in [-0.1, -0.05) is 18.2 Å². The summed E-state index contributed by atoms with van der Waals surface area (Å²) in [6, 6.07) is 10.2. The molecule has 0 radical (unpaired) electrons. The highest BCUT2D eigenvalue weighted by molar-refractivity contribution is 5.89. The second-order valence-electron chi connectivity index (χ2n) is 3.24. The average Bonchev–Trinajstić information content (AvgIpc) is 2.19. The van der Waals surface area contributed by atoms with E-state index in [1.54, 1.807) is 7.05 Å². The van der Waals surface area contributed by atoms with Crippen LogP contribution in [0.2, 0.25) is 0 Å². The molecule has 1 aromatic carbocycles. The summed E-state index contributed by atoms with van der Waals surface area (Å²) >= 11 is 0. The fourth-order valence-corrected chi connectivity index (χ4v) is 1.50. The van der Waals surface area contributed by atoms with Gasteiger partial charge in [0.25, 0.3) is 0 Å². The monoisotopic (exact) mass is 220 g/mol. The molecular weight excluding hydrogens is 208 g/mol. The van der Waals surface area contributed by atoms with E-state index in [1.165, 1.54) is 0 Å². The van der Waals surface area contributed by atoms with Gasteiger partial charge in [-0.3, -0.25) is 9.98 Å². The zero-order chi connectivity index (χ0) is 9.97. The number of hydrogen-bond donors (Lipinski definition) is 0. The summed E-state index contributed by atoms with van der Waals surface area (Å²) in [5.74, 6) is 0. The van der Waals surface area contributed by atoms with E-state index in [9.17, 15) is 0 Å². The number of aliphatic imine (C=N–C) groups is 1. The van der Waals surface area contributed by atoms with E-state index in [0.29, 0.717) is 0 Å². The number of aryl methyl sites for hydroxylation is 1. The van der Waals surface area contributed by atoms with Gasteiger partial charge in [0.2, 0.25) is 0 Å². The van der Waals surface area contributed by atoms with Crippen LogP contribution in [0.3, 0.4) is 0 Å². The zero-order valence-electron chi connectivity index (χ0n) is 8.77. The molecule has 2 aromatic rings. The van der Waals surface area contributed by atoms with Gasteiger partial charge in [-0.15, -0.1) is 12.4 Å². The van der Waals surface area contributed by atoms with Gasteiger partial charge in [0.05, 0.1) is 5.52 Å². The van der Waals surface area contributed by atoms with Crippen molar-refractivity contribution >= 4 is 29.5 Å². The summed E-state index contributed by atoms with van der Waals surface area (Å²) in [5.41, 5.74) is 3.15. The van der Waals surface area contributed by atoms with E-state index in [4.69, 9.17) is 0 Å². The van der Waals surface area contributed by atoms with Crippen LogP contribution in [0.4, 0.5) is 0 Å². The molecule has 1 heterocycles. The van der Waals surface area contributed by atoms with Crippen molar-refractivity contribution in [2.75, 3.05) is 7.05 Å². The lowest BCUT2D eigenvalue weighted by atomic mass is 10.1. The van der Waals surface area contributed by atoms with Crippen LogP contribution in [0.15, 0.2) is 35.3 Å². The van der Waals surface area contributed by atoms with Crippen LogP contribution in [0.5, 0.6) is 0 Å². The highest BCUT2D eigenvalue weighted by Crippen LogP contribution is 2.14. The molecule has 0 saturated heterocycles. The average molecular weight is 221 g/mol. The molecule has 2 rings (SSSR count). The second kappa shape index (κ2) is 4.89. The molecule has 0 amide bonds. The fraction of sp³-hybridized carbons (Fsp3) is 0.167. The van der Waals surface area contributed by atoms with Crippen LogP contribution in [-0.2, 0) is 0 Å². The predicted molar refractivity (Wildman–Crippen MR) is 67.2 cm³/mol. The molecule has 0 N–H and O–H groups in total. The Hall–Kier alpha value is -1.41. The third-order valence-corrected chi connectivity index (χ3v) is 2.22. The third kappa shape index (κ3) is 2.34. The summed E-state index contributed by atoms with van der Waals surface area (Å²) in [7, 11) is 1.77. The Morgan fingerprint density at radius 1 is 1.27 bits per heavy atom. The first-order valence-corrected chi connectivity index (χ1v) is 4.60. The van der Waals surface area contributed by atoms with Gasteiger partial charge in [-0.05, 0) is 19.1 Å². The molecule has 0 bridgehead atoms. The topological polar surface area (TPSA) is 25.2 Å². The minimum Gasteiger partial charge on any atom is -0.296 e. The molecule has 3 heteroatoms. The summed E-state index contributed by atoms with van der Waals surface area (Å²) in [5, 5.41) is 1.16. The molecule has 0 atom stereocenters. The lowest BCUT2D eigenvalue weighted by Crippen LogP contribution is -1.92. The lowest BCUT2D eigenvalue weighted by molar-refractivity contribution is 1.24. The fourth-order valence-electron chi connectivity index (χ4n) is 1.50. The van der Waals surface area contributed by atoms with Crippen LogP contribution in [0.25, 0.3) is 10.9 Å². The van der Waals surface area contributed by atoms with Crippen molar-refractivity contribution in [1.29, 1.82) is 0 Å². The number of nitrogens with zero attached hydrogens (tertiary/aromatic N) is 2. The quantitative estimate of drug-likeness (QED) is 0.679. The molecule has 2 nitrogen and oxygen atoms in total. The molecule has 0 aliphatic heterocycles. The van der Waals surface area contributed by atoms with E-state index in [-0.39, 0.29) is 12.4 Å². The van der Waals surface area contributed by atoms with E-state index < -0.39 is 0 Å². The number of rotatable bonds is 1. The van der Waals surface area contributed by atoms with Crippen molar-refractivity contribution in [3.63, 3.8) is 0 Å². The Morgan fingerprint density at radius 3 is 2.73 bits per heavy atom. The standard InChI is InChI=1S/C12H12N2.ClH/c1-9-11(8-13-2)7-10-5-3-4-6-12(10)14-9;/h3-8H,1-2H3;1H/b13-8+;. The highest BCUT2D eigenvalue weighted by Gasteiger charge is 1.99. The lowest BCUT2D eigenvalue weighted by Gasteiger charge is -2.02. The van der Waals surface area contributed by atoms with Crippen LogP contribution in [0.1, 0.15) is 11.3 Å². The van der Waals surface area contributed by atoms with E-state index >= 15 is 0 Å². The Labute approximate surface area is 95.5 Å². The minimum atomic E-state index is 0. The van der Waals surface area contributed by atoms with Crippen molar-refractivity contribution in [1.82, 2.24) is 4.98 Å². The van der Waals surface area contributed by atoms with Gasteiger partial charge in [0, 0.05) is 29.9 Å². The first-order valence-electron chi connectivity index (χ1n) is 4.60. The molecule has 0 unspecified atom stereocenters. The third-order valence-electron chi connectivity index (χ3n) is 2.22. The molecule has 0 spiro atoms. The normalized spacial score (nSPS) is 10.5. The van der Waals surface area contributed by atoms with E-state index in [1.807, 2.05) is 31.3 Å². The van der Waals surface area contributed by atoms with Gasteiger partial charge >= 0.3 is 0 Å². The summed E-state index contributed by atoms with van der Waals surface area (Å²) in [6.45, 7) is 2.00. The molecule has 0 aliphatic rings. The van der Waals surface area contributed by atoms with Gasteiger partial charge in [0.15, 0.2) is 0 Å². The molecule has 78 valence electrons. The number of para-hydroxylation sites is 1. The van der Waals surface area contributed by atoms with E-state index in [2.05, 4.69) is 22.1 Å². The highest BCUT2D eigenvalue weighted by atomic mass is 35.5. The largest absolute Gasteiger partial charge is 0.296 e. The summed E-state index contributed by atoms with van der Waals surface area (Å²) in [6.07, 6.45) is 1.84. The summed E-state index contributed by atoms with van der Waals surface area (Å²) in [4.78, 5) is 8.51. The second-order valence-corrected chi connectivity index (χ2v) is 3.24. The van der Waals surface area contributed by atoms with Gasteiger partial charge < -0.3 is 0 Å². The van der Waals surface area contributed by atoms with Gasteiger partial charge in [-0.2, -0.15) is 0 Å². The molecular formula is C12H13ClN2. The number of fused-ring (bicyclic) bond motifs is 1. The summed E-state index contributed by atoms with van der Waals surface area (Å²) < 4.78 is 0. The van der Waals surface area contributed by atoms with Crippen molar-refractivity contribution in [2.24, 2.45) is 4.99 Å². The van der Waals surface area contributed by atoms with Crippen LogP contribution < -0.4 is 0 Å².